The Balaban J connectivity index is 1.94. The summed E-state index contributed by atoms with van der Waals surface area (Å²) in [5, 5.41) is 1.33. The topological polar surface area (TPSA) is 51.1 Å². The number of carbonyl (C=O) groups excluding carboxylic acids is 1. The van der Waals surface area contributed by atoms with E-state index in [1.54, 1.807) is 49.1 Å². The average Bonchev–Trinajstić information content (AvgIpc) is 2.70. The van der Waals surface area contributed by atoms with Crippen LogP contribution < -0.4 is 9.47 Å². The van der Waals surface area contributed by atoms with E-state index in [1.165, 1.54) is 0 Å². The van der Waals surface area contributed by atoms with Crippen molar-refractivity contribution >= 4 is 40.1 Å². The van der Waals surface area contributed by atoms with Crippen LogP contribution in [0.25, 0.3) is 0 Å². The molecular weight excluding hydrogens is 384 g/mol. The number of hydrogen-bond acceptors (Lipinski definition) is 5. The van der Waals surface area contributed by atoms with Gasteiger partial charge in [0.2, 0.25) is 0 Å². The second-order valence-corrected chi connectivity index (χ2v) is 7.56. The summed E-state index contributed by atoms with van der Waals surface area (Å²) >= 11 is 7.78. The lowest BCUT2D eigenvalue weighted by Gasteiger charge is -2.28. The first-order valence-corrected chi connectivity index (χ1v) is 9.90. The molecule has 0 spiro atoms. The minimum atomic E-state index is -0.128. The Hall–Kier alpha value is -2.18. The van der Waals surface area contributed by atoms with Crippen LogP contribution in [0.4, 0.5) is 5.69 Å². The highest BCUT2D eigenvalue weighted by Crippen LogP contribution is 2.29. The molecule has 142 valence electrons. The molecule has 0 atom stereocenters. The summed E-state index contributed by atoms with van der Waals surface area (Å²) in [4.78, 5) is 19.5. The Labute approximate surface area is 168 Å². The predicted octanol–water partition coefficient (Wildman–Crippen LogP) is 4.93. The molecule has 3 rings (SSSR count). The molecule has 1 heterocycles. The number of aryl methyl sites for hydroxylation is 1. The van der Waals surface area contributed by atoms with E-state index in [0.717, 1.165) is 23.4 Å². The molecule has 7 heteroatoms. The fourth-order valence-corrected chi connectivity index (χ4v) is 3.82. The van der Waals surface area contributed by atoms with Crippen molar-refractivity contribution < 1.29 is 14.3 Å². The number of nitrogens with zero attached hydrogens (tertiary/aromatic N) is 2. The molecule has 1 amide bonds. The molecule has 27 heavy (non-hydrogen) atoms. The monoisotopic (exact) mass is 404 g/mol. The first-order chi connectivity index (χ1) is 13.0. The maximum atomic E-state index is 13.2. The molecule has 0 N–H and O–H groups in total. The van der Waals surface area contributed by atoms with Crippen LogP contribution in [0.1, 0.15) is 22.3 Å². The standard InChI is InChI=1S/C20H21ClN2O3S/c1-13-5-6-15(11-18(13)21)22-20-23(7-4-8-27-20)19(24)14-9-16(25-2)12-17(10-14)26-3/h5-6,9-12H,4,7-8H2,1-3H3. The number of amides is 1. The van der Waals surface area contributed by atoms with Crippen molar-refractivity contribution in [1.82, 2.24) is 4.90 Å². The van der Waals surface area contributed by atoms with Gasteiger partial charge in [-0.1, -0.05) is 29.4 Å². The Morgan fingerprint density at radius 3 is 2.48 bits per heavy atom. The smallest absolute Gasteiger partial charge is 0.260 e. The third-order valence-electron chi connectivity index (χ3n) is 4.21. The van der Waals surface area contributed by atoms with Crippen LogP contribution >= 0.6 is 23.4 Å². The van der Waals surface area contributed by atoms with Gasteiger partial charge < -0.3 is 9.47 Å². The molecule has 0 saturated carbocycles. The molecule has 0 unspecified atom stereocenters. The Kier molecular flexibility index (Phi) is 6.29. The van der Waals surface area contributed by atoms with E-state index < -0.39 is 0 Å². The van der Waals surface area contributed by atoms with Crippen molar-refractivity contribution in [1.29, 1.82) is 0 Å². The van der Waals surface area contributed by atoms with Crippen LogP contribution in [0, 0.1) is 6.92 Å². The molecule has 2 aromatic rings. The van der Waals surface area contributed by atoms with Gasteiger partial charge in [-0.25, -0.2) is 4.99 Å². The number of hydrogen-bond donors (Lipinski definition) is 0. The largest absolute Gasteiger partial charge is 0.497 e. The predicted molar refractivity (Wildman–Crippen MR) is 111 cm³/mol. The van der Waals surface area contributed by atoms with Crippen molar-refractivity contribution in [3.05, 3.63) is 52.5 Å². The quantitative estimate of drug-likeness (QED) is 0.724. The molecular formula is C20H21ClN2O3S. The van der Waals surface area contributed by atoms with Gasteiger partial charge >= 0.3 is 0 Å². The highest BCUT2D eigenvalue weighted by atomic mass is 35.5. The van der Waals surface area contributed by atoms with Gasteiger partial charge in [-0.3, -0.25) is 9.69 Å². The molecule has 0 aromatic heterocycles. The van der Waals surface area contributed by atoms with Gasteiger partial charge in [-0.05, 0) is 43.2 Å². The fraction of sp³-hybridized carbons (Fsp3) is 0.300. The maximum absolute atomic E-state index is 13.2. The van der Waals surface area contributed by atoms with Crippen LogP contribution in [0.2, 0.25) is 5.02 Å². The van der Waals surface area contributed by atoms with Crippen molar-refractivity contribution in [3.63, 3.8) is 0 Å². The number of amidine groups is 1. The Morgan fingerprint density at radius 2 is 1.85 bits per heavy atom. The number of thioether (sulfide) groups is 1. The molecule has 0 bridgehead atoms. The average molecular weight is 405 g/mol. The van der Waals surface area contributed by atoms with E-state index in [1.807, 2.05) is 25.1 Å². The van der Waals surface area contributed by atoms with Gasteiger partial charge in [0, 0.05) is 29.0 Å². The molecule has 1 aliphatic rings. The molecule has 5 nitrogen and oxygen atoms in total. The number of carbonyl (C=O) groups is 1. The Bertz CT molecular complexity index is 863. The van der Waals surface area contributed by atoms with Gasteiger partial charge in [0.25, 0.3) is 5.91 Å². The summed E-state index contributed by atoms with van der Waals surface area (Å²) in [7, 11) is 3.13. The summed E-state index contributed by atoms with van der Waals surface area (Å²) < 4.78 is 10.6. The number of aliphatic imine (C=N–C) groups is 1. The molecule has 1 saturated heterocycles. The lowest BCUT2D eigenvalue weighted by molar-refractivity contribution is 0.0848. The number of rotatable bonds is 4. The summed E-state index contributed by atoms with van der Waals surface area (Å²) in [5.41, 5.74) is 2.23. The van der Waals surface area contributed by atoms with Crippen LogP contribution in [0.5, 0.6) is 11.5 Å². The summed E-state index contributed by atoms with van der Waals surface area (Å²) in [6.07, 6.45) is 0.908. The highest BCUT2D eigenvalue weighted by molar-refractivity contribution is 8.13. The number of methoxy groups -OCH3 is 2. The van der Waals surface area contributed by atoms with E-state index in [2.05, 4.69) is 4.99 Å². The van der Waals surface area contributed by atoms with E-state index in [9.17, 15) is 4.79 Å². The zero-order chi connectivity index (χ0) is 19.4. The SMILES string of the molecule is COc1cc(OC)cc(C(=O)N2CCCSC2=Nc2ccc(C)c(Cl)c2)c1. The maximum Gasteiger partial charge on any atom is 0.260 e. The molecule has 0 aliphatic carbocycles. The normalized spacial score (nSPS) is 15.7. The third kappa shape index (κ3) is 4.57. The van der Waals surface area contributed by atoms with Gasteiger partial charge in [0.1, 0.15) is 11.5 Å². The van der Waals surface area contributed by atoms with Crippen LogP contribution in [0.15, 0.2) is 41.4 Å². The highest BCUT2D eigenvalue weighted by Gasteiger charge is 2.25. The second-order valence-electron chi connectivity index (χ2n) is 6.09. The second kappa shape index (κ2) is 8.67. The first kappa shape index (κ1) is 19.6. The number of benzene rings is 2. The molecule has 0 radical (unpaired) electrons. The number of halogens is 1. The van der Waals surface area contributed by atoms with Crippen molar-refractivity contribution in [2.75, 3.05) is 26.5 Å². The van der Waals surface area contributed by atoms with Gasteiger partial charge in [0.05, 0.1) is 19.9 Å². The van der Waals surface area contributed by atoms with Gasteiger partial charge in [0.15, 0.2) is 5.17 Å². The third-order valence-corrected chi connectivity index (χ3v) is 5.68. The summed E-state index contributed by atoms with van der Waals surface area (Å²) in [6.45, 7) is 2.56. The van der Waals surface area contributed by atoms with E-state index >= 15 is 0 Å². The number of ether oxygens (including phenoxy) is 2. The molecule has 2 aromatic carbocycles. The minimum Gasteiger partial charge on any atom is -0.497 e. The van der Waals surface area contributed by atoms with E-state index in [-0.39, 0.29) is 5.91 Å². The van der Waals surface area contributed by atoms with E-state index in [0.29, 0.717) is 33.8 Å². The van der Waals surface area contributed by atoms with Crippen molar-refractivity contribution in [2.24, 2.45) is 4.99 Å². The van der Waals surface area contributed by atoms with Gasteiger partial charge in [-0.15, -0.1) is 0 Å². The minimum absolute atomic E-state index is 0.128. The summed E-state index contributed by atoms with van der Waals surface area (Å²) in [5.74, 6) is 1.94. The lowest BCUT2D eigenvalue weighted by atomic mass is 10.1. The van der Waals surface area contributed by atoms with Crippen molar-refractivity contribution in [2.45, 2.75) is 13.3 Å². The van der Waals surface area contributed by atoms with Crippen LogP contribution in [-0.2, 0) is 0 Å². The Morgan fingerprint density at radius 1 is 1.15 bits per heavy atom. The van der Waals surface area contributed by atoms with E-state index in [4.69, 9.17) is 21.1 Å². The summed E-state index contributed by atoms with van der Waals surface area (Å²) in [6, 6.07) is 10.8. The van der Waals surface area contributed by atoms with Gasteiger partial charge in [-0.2, -0.15) is 0 Å². The molecule has 1 aliphatic heterocycles. The zero-order valence-corrected chi connectivity index (χ0v) is 17.1. The lowest BCUT2D eigenvalue weighted by Crippen LogP contribution is -2.39. The van der Waals surface area contributed by atoms with Crippen LogP contribution in [0.3, 0.4) is 0 Å². The van der Waals surface area contributed by atoms with Crippen LogP contribution in [-0.4, -0.2) is 42.5 Å². The first-order valence-electron chi connectivity index (χ1n) is 8.54. The molecule has 1 fully saturated rings. The fourth-order valence-electron chi connectivity index (χ4n) is 2.69. The zero-order valence-electron chi connectivity index (χ0n) is 15.5. The van der Waals surface area contributed by atoms with Crippen molar-refractivity contribution in [3.8, 4) is 11.5 Å².